The van der Waals surface area contributed by atoms with E-state index < -0.39 is 5.91 Å². The van der Waals surface area contributed by atoms with Crippen LogP contribution in [0.5, 0.6) is 0 Å². The first-order chi connectivity index (χ1) is 6.18. The summed E-state index contributed by atoms with van der Waals surface area (Å²) >= 11 is 5.53. The predicted octanol–water partition coefficient (Wildman–Crippen LogP) is 1.58. The van der Waals surface area contributed by atoms with E-state index in [2.05, 4.69) is 4.98 Å². The molecule has 0 atom stereocenters. The number of amides is 1. The lowest BCUT2D eigenvalue weighted by Gasteiger charge is -1.93. The molecule has 1 aromatic carbocycles. The minimum absolute atomic E-state index is 0.00343. The number of benzene rings is 1. The van der Waals surface area contributed by atoms with Crippen LogP contribution in [0.15, 0.2) is 22.6 Å². The average Bonchev–Trinajstić information content (AvgIpc) is 2.43. The van der Waals surface area contributed by atoms with Crippen molar-refractivity contribution in [3.8, 4) is 0 Å². The number of carbonyl (C=O) groups excluding carboxylic acids is 1. The zero-order valence-electron chi connectivity index (χ0n) is 6.45. The molecule has 0 aliphatic heterocycles. The van der Waals surface area contributed by atoms with Gasteiger partial charge in [-0.2, -0.15) is 4.98 Å². The van der Waals surface area contributed by atoms with Crippen LogP contribution < -0.4 is 5.73 Å². The molecule has 5 heteroatoms. The van der Waals surface area contributed by atoms with Crippen molar-refractivity contribution in [1.29, 1.82) is 0 Å². The molecule has 1 amide bonds. The number of nitrogens with zero attached hydrogens (tertiary/aromatic N) is 1. The van der Waals surface area contributed by atoms with Gasteiger partial charge in [0.15, 0.2) is 5.58 Å². The summed E-state index contributed by atoms with van der Waals surface area (Å²) in [4.78, 5) is 14.8. The number of fused-ring (bicyclic) bond motifs is 1. The Kier molecular flexibility index (Phi) is 1.70. The predicted molar refractivity (Wildman–Crippen MR) is 47.5 cm³/mol. The second-order valence-electron chi connectivity index (χ2n) is 2.48. The van der Waals surface area contributed by atoms with Crippen molar-refractivity contribution in [3.05, 3.63) is 29.1 Å². The maximum Gasteiger partial charge on any atom is 0.293 e. The zero-order chi connectivity index (χ0) is 9.42. The van der Waals surface area contributed by atoms with Gasteiger partial charge in [-0.1, -0.05) is 6.07 Å². The van der Waals surface area contributed by atoms with Crippen molar-refractivity contribution >= 4 is 28.6 Å². The van der Waals surface area contributed by atoms with E-state index in [0.717, 1.165) is 0 Å². The summed E-state index contributed by atoms with van der Waals surface area (Å²) in [5.74, 6) is -0.546. The third-order valence-electron chi connectivity index (χ3n) is 1.66. The third-order valence-corrected chi connectivity index (χ3v) is 1.82. The Morgan fingerprint density at radius 1 is 1.54 bits per heavy atom. The third kappa shape index (κ3) is 1.25. The van der Waals surface area contributed by atoms with Crippen molar-refractivity contribution in [2.75, 3.05) is 0 Å². The van der Waals surface area contributed by atoms with E-state index in [9.17, 15) is 4.79 Å². The fraction of sp³-hybridized carbons (Fsp3) is 0. The monoisotopic (exact) mass is 196 g/mol. The zero-order valence-corrected chi connectivity index (χ0v) is 7.21. The Morgan fingerprint density at radius 3 is 3.00 bits per heavy atom. The van der Waals surface area contributed by atoms with Gasteiger partial charge in [-0.3, -0.25) is 4.79 Å². The number of halogens is 1. The summed E-state index contributed by atoms with van der Waals surface area (Å²) < 4.78 is 5.01. The quantitative estimate of drug-likeness (QED) is 0.753. The number of carbonyl (C=O) groups is 1. The minimum atomic E-state index is -0.546. The lowest BCUT2D eigenvalue weighted by atomic mass is 10.2. The molecule has 1 heterocycles. The van der Waals surface area contributed by atoms with Crippen molar-refractivity contribution in [1.82, 2.24) is 4.98 Å². The molecule has 0 saturated heterocycles. The molecule has 2 aromatic rings. The van der Waals surface area contributed by atoms with Gasteiger partial charge in [0.1, 0.15) is 5.52 Å². The van der Waals surface area contributed by atoms with Gasteiger partial charge in [-0.15, -0.1) is 0 Å². The van der Waals surface area contributed by atoms with E-state index >= 15 is 0 Å². The summed E-state index contributed by atoms with van der Waals surface area (Å²) in [5, 5.41) is 0.00343. The van der Waals surface area contributed by atoms with Gasteiger partial charge >= 0.3 is 0 Å². The number of nitrogens with two attached hydrogens (primary N) is 1. The number of hydrogen-bond acceptors (Lipinski definition) is 3. The molecular weight excluding hydrogens is 192 g/mol. The van der Waals surface area contributed by atoms with Crippen LogP contribution in [0.4, 0.5) is 0 Å². The maximum absolute atomic E-state index is 10.9. The van der Waals surface area contributed by atoms with Crippen LogP contribution >= 0.6 is 11.6 Å². The number of aromatic nitrogens is 1. The topological polar surface area (TPSA) is 69.1 Å². The fourth-order valence-corrected chi connectivity index (χ4v) is 1.29. The molecule has 0 spiro atoms. The Bertz CT molecular complexity index is 478. The molecule has 66 valence electrons. The Morgan fingerprint density at radius 2 is 2.31 bits per heavy atom. The van der Waals surface area contributed by atoms with Crippen LogP contribution in [0.3, 0.4) is 0 Å². The van der Waals surface area contributed by atoms with Crippen LogP contribution in [-0.2, 0) is 0 Å². The number of oxazole rings is 1. The normalized spacial score (nSPS) is 10.5. The lowest BCUT2D eigenvalue weighted by molar-refractivity contribution is 0.100. The first-order valence-electron chi connectivity index (χ1n) is 3.53. The van der Waals surface area contributed by atoms with Crippen LogP contribution in [0.25, 0.3) is 11.1 Å². The molecule has 13 heavy (non-hydrogen) atoms. The van der Waals surface area contributed by atoms with Gasteiger partial charge in [0.05, 0.1) is 5.56 Å². The molecule has 0 aliphatic rings. The first-order valence-corrected chi connectivity index (χ1v) is 3.91. The van der Waals surface area contributed by atoms with Gasteiger partial charge in [-0.05, 0) is 23.7 Å². The average molecular weight is 197 g/mol. The second kappa shape index (κ2) is 2.74. The van der Waals surface area contributed by atoms with E-state index in [0.29, 0.717) is 16.7 Å². The number of para-hydroxylation sites is 1. The van der Waals surface area contributed by atoms with E-state index in [-0.39, 0.29) is 5.35 Å². The van der Waals surface area contributed by atoms with Crippen LogP contribution in [-0.4, -0.2) is 10.9 Å². The maximum atomic E-state index is 10.9. The van der Waals surface area contributed by atoms with Crippen molar-refractivity contribution in [2.24, 2.45) is 5.73 Å². The highest BCUT2D eigenvalue weighted by Crippen LogP contribution is 2.21. The Hall–Kier alpha value is -1.55. The van der Waals surface area contributed by atoms with Gasteiger partial charge in [0.2, 0.25) is 0 Å². The van der Waals surface area contributed by atoms with Crippen molar-refractivity contribution in [2.45, 2.75) is 0 Å². The van der Waals surface area contributed by atoms with Crippen molar-refractivity contribution < 1.29 is 9.21 Å². The summed E-state index contributed by atoms with van der Waals surface area (Å²) in [7, 11) is 0. The summed E-state index contributed by atoms with van der Waals surface area (Å²) in [6, 6.07) is 4.90. The SMILES string of the molecule is NC(=O)c1cccc2oc(Cl)nc12. The summed E-state index contributed by atoms with van der Waals surface area (Å²) in [6.45, 7) is 0. The van der Waals surface area contributed by atoms with Gasteiger partial charge < -0.3 is 10.2 Å². The molecule has 1 aromatic heterocycles. The smallest absolute Gasteiger partial charge is 0.293 e. The largest absolute Gasteiger partial charge is 0.428 e. The van der Waals surface area contributed by atoms with Crippen LogP contribution in [0.1, 0.15) is 10.4 Å². The lowest BCUT2D eigenvalue weighted by Crippen LogP contribution is -2.11. The number of hydrogen-bond donors (Lipinski definition) is 1. The molecule has 2 N–H and O–H groups in total. The molecule has 0 aliphatic carbocycles. The molecule has 0 fully saturated rings. The Balaban J connectivity index is 2.82. The van der Waals surface area contributed by atoms with Crippen molar-refractivity contribution in [3.63, 3.8) is 0 Å². The van der Waals surface area contributed by atoms with Crippen LogP contribution in [0.2, 0.25) is 5.35 Å². The number of rotatable bonds is 1. The standard InChI is InChI=1S/C8H5ClN2O2/c9-8-11-6-4(7(10)12)2-1-3-5(6)13-8/h1-3H,(H2,10,12). The Labute approximate surface area is 78.3 Å². The van der Waals surface area contributed by atoms with Gasteiger partial charge in [0, 0.05) is 0 Å². The molecule has 2 rings (SSSR count). The molecule has 4 nitrogen and oxygen atoms in total. The number of primary amides is 1. The highest BCUT2D eigenvalue weighted by molar-refractivity contribution is 6.28. The van der Waals surface area contributed by atoms with Gasteiger partial charge in [-0.25, -0.2) is 0 Å². The highest BCUT2D eigenvalue weighted by Gasteiger charge is 2.11. The van der Waals surface area contributed by atoms with E-state index in [1.54, 1.807) is 18.2 Å². The molecule has 0 radical (unpaired) electrons. The second-order valence-corrected chi connectivity index (χ2v) is 2.81. The van der Waals surface area contributed by atoms with E-state index in [1.165, 1.54) is 0 Å². The van der Waals surface area contributed by atoms with E-state index in [1.807, 2.05) is 0 Å². The molecule has 0 bridgehead atoms. The molecule has 0 saturated carbocycles. The van der Waals surface area contributed by atoms with Crippen LogP contribution in [0, 0.1) is 0 Å². The fourth-order valence-electron chi connectivity index (χ4n) is 1.12. The minimum Gasteiger partial charge on any atom is -0.428 e. The molecule has 0 unspecified atom stereocenters. The summed E-state index contributed by atoms with van der Waals surface area (Å²) in [6.07, 6.45) is 0. The van der Waals surface area contributed by atoms with E-state index in [4.69, 9.17) is 21.8 Å². The summed E-state index contributed by atoms with van der Waals surface area (Å²) in [5.41, 5.74) is 6.30. The van der Waals surface area contributed by atoms with Gasteiger partial charge in [0.25, 0.3) is 11.3 Å². The highest BCUT2D eigenvalue weighted by atomic mass is 35.5. The molecular formula is C8H5ClN2O2. The first kappa shape index (κ1) is 8.07.